The van der Waals surface area contributed by atoms with Crippen molar-refractivity contribution in [2.75, 3.05) is 0 Å². The minimum Gasteiger partial charge on any atom is -0.258 e. The second-order valence-corrected chi connectivity index (χ2v) is 3.26. The van der Waals surface area contributed by atoms with Gasteiger partial charge < -0.3 is 0 Å². The third kappa shape index (κ3) is 2.30. The number of rotatable bonds is 3. The van der Waals surface area contributed by atoms with Crippen molar-refractivity contribution < 1.29 is 13.7 Å². The maximum Gasteiger partial charge on any atom is 0.306 e. The number of hydrogen-bond donors (Lipinski definition) is 0. The molecule has 1 heterocycles. The van der Waals surface area contributed by atoms with Crippen LogP contribution in [0, 0.1) is 21.4 Å². The standard InChI is InChI=1S/C8H4BrF2N3O2/c9-2-5-4(8(10)11)1-7(14(15)16)6(3-12)13-5/h1,8H,2H2. The Kier molecular flexibility index (Phi) is 3.84. The van der Waals surface area contributed by atoms with Crippen LogP contribution in [0.5, 0.6) is 0 Å². The smallest absolute Gasteiger partial charge is 0.258 e. The van der Waals surface area contributed by atoms with Gasteiger partial charge in [0.2, 0.25) is 5.69 Å². The summed E-state index contributed by atoms with van der Waals surface area (Å²) in [6.45, 7) is 0. The Labute approximate surface area is 97.0 Å². The fourth-order valence-corrected chi connectivity index (χ4v) is 1.52. The SMILES string of the molecule is N#Cc1nc(CBr)c(C(F)F)cc1[N+](=O)[O-]. The molecular weight excluding hydrogens is 288 g/mol. The van der Waals surface area contributed by atoms with Crippen LogP contribution >= 0.6 is 15.9 Å². The van der Waals surface area contributed by atoms with Gasteiger partial charge in [-0.1, -0.05) is 15.9 Å². The minimum absolute atomic E-state index is 0.000647. The Morgan fingerprint density at radius 2 is 2.31 bits per heavy atom. The molecule has 0 bridgehead atoms. The highest BCUT2D eigenvalue weighted by molar-refractivity contribution is 9.08. The van der Waals surface area contributed by atoms with Crippen LogP contribution in [0.4, 0.5) is 14.5 Å². The fourth-order valence-electron chi connectivity index (χ4n) is 1.07. The summed E-state index contributed by atoms with van der Waals surface area (Å²) in [5, 5.41) is 19.1. The van der Waals surface area contributed by atoms with Crippen molar-refractivity contribution in [1.82, 2.24) is 4.98 Å². The van der Waals surface area contributed by atoms with Crippen molar-refractivity contribution in [2.45, 2.75) is 11.8 Å². The molecule has 1 aromatic heterocycles. The summed E-state index contributed by atoms with van der Waals surface area (Å²) in [6, 6.07) is 2.19. The fraction of sp³-hybridized carbons (Fsp3) is 0.250. The van der Waals surface area contributed by atoms with Gasteiger partial charge in [0, 0.05) is 17.0 Å². The average molecular weight is 292 g/mol. The van der Waals surface area contributed by atoms with Crippen LogP contribution < -0.4 is 0 Å². The molecule has 84 valence electrons. The first kappa shape index (κ1) is 12.4. The number of nitrogens with zero attached hydrogens (tertiary/aromatic N) is 3. The molecule has 0 aromatic carbocycles. The average Bonchev–Trinajstić information content (AvgIpc) is 2.26. The normalized spacial score (nSPS) is 10.2. The Balaban J connectivity index is 3.48. The molecule has 0 N–H and O–H groups in total. The number of nitriles is 1. The Morgan fingerprint density at radius 1 is 1.69 bits per heavy atom. The molecule has 1 rings (SSSR count). The molecule has 0 saturated heterocycles. The highest BCUT2D eigenvalue weighted by Crippen LogP contribution is 2.28. The maximum atomic E-state index is 12.5. The molecule has 16 heavy (non-hydrogen) atoms. The van der Waals surface area contributed by atoms with Crippen LogP contribution in [-0.4, -0.2) is 9.91 Å². The summed E-state index contributed by atoms with van der Waals surface area (Å²) in [5.41, 5.74) is -1.79. The molecule has 0 unspecified atom stereocenters. The molecule has 0 aliphatic carbocycles. The van der Waals surface area contributed by atoms with Gasteiger partial charge in [-0.15, -0.1) is 0 Å². The van der Waals surface area contributed by atoms with Crippen molar-refractivity contribution in [3.05, 3.63) is 33.1 Å². The van der Waals surface area contributed by atoms with Crippen LogP contribution in [0.3, 0.4) is 0 Å². The van der Waals surface area contributed by atoms with Gasteiger partial charge in [-0.25, -0.2) is 13.8 Å². The topological polar surface area (TPSA) is 79.8 Å². The molecule has 0 aliphatic rings. The molecule has 8 heteroatoms. The third-order valence-corrected chi connectivity index (χ3v) is 2.31. The molecule has 0 spiro atoms. The molecule has 1 aromatic rings. The predicted octanol–water partition coefficient (Wildman–Crippen LogP) is 2.69. The Hall–Kier alpha value is -1.62. The van der Waals surface area contributed by atoms with Gasteiger partial charge in [0.1, 0.15) is 6.07 Å². The summed E-state index contributed by atoms with van der Waals surface area (Å²) >= 11 is 2.93. The highest BCUT2D eigenvalue weighted by atomic mass is 79.9. The van der Waals surface area contributed by atoms with Crippen molar-refractivity contribution in [1.29, 1.82) is 5.26 Å². The van der Waals surface area contributed by atoms with E-state index < -0.39 is 28.3 Å². The van der Waals surface area contributed by atoms with E-state index in [1.54, 1.807) is 0 Å². The van der Waals surface area contributed by atoms with E-state index in [4.69, 9.17) is 5.26 Å². The van der Waals surface area contributed by atoms with Gasteiger partial charge in [-0.05, 0) is 0 Å². The van der Waals surface area contributed by atoms with Crippen LogP contribution in [-0.2, 0) is 5.33 Å². The van der Waals surface area contributed by atoms with Gasteiger partial charge in [-0.2, -0.15) is 5.26 Å². The van der Waals surface area contributed by atoms with Crippen molar-refractivity contribution in [3.8, 4) is 6.07 Å². The highest BCUT2D eigenvalue weighted by Gasteiger charge is 2.23. The second kappa shape index (κ2) is 4.94. The molecule has 0 aliphatic heterocycles. The molecular formula is C8H4BrF2N3O2. The largest absolute Gasteiger partial charge is 0.306 e. The first-order chi connectivity index (χ1) is 7.51. The maximum absolute atomic E-state index is 12.5. The number of pyridine rings is 1. The van der Waals surface area contributed by atoms with E-state index >= 15 is 0 Å². The van der Waals surface area contributed by atoms with Crippen molar-refractivity contribution in [2.24, 2.45) is 0 Å². The lowest BCUT2D eigenvalue weighted by molar-refractivity contribution is -0.385. The molecule has 5 nitrogen and oxygen atoms in total. The van der Waals surface area contributed by atoms with E-state index in [0.29, 0.717) is 6.07 Å². The lowest BCUT2D eigenvalue weighted by Gasteiger charge is -2.05. The summed E-state index contributed by atoms with van der Waals surface area (Å²) in [5.74, 6) is 0. The summed E-state index contributed by atoms with van der Waals surface area (Å²) < 4.78 is 25.1. The van der Waals surface area contributed by atoms with Gasteiger partial charge in [0.05, 0.1) is 10.6 Å². The molecule has 0 fully saturated rings. The van der Waals surface area contributed by atoms with E-state index in [2.05, 4.69) is 20.9 Å². The second-order valence-electron chi connectivity index (χ2n) is 2.70. The van der Waals surface area contributed by atoms with Crippen molar-refractivity contribution >= 4 is 21.6 Å². The number of nitro groups is 1. The van der Waals surface area contributed by atoms with Gasteiger partial charge in [0.15, 0.2) is 0 Å². The van der Waals surface area contributed by atoms with Gasteiger partial charge in [-0.3, -0.25) is 10.1 Å². The van der Waals surface area contributed by atoms with E-state index in [1.807, 2.05) is 0 Å². The first-order valence-corrected chi connectivity index (χ1v) is 5.05. The lowest BCUT2D eigenvalue weighted by atomic mass is 10.1. The van der Waals surface area contributed by atoms with E-state index in [0.717, 1.165) is 0 Å². The van der Waals surface area contributed by atoms with Crippen molar-refractivity contribution in [3.63, 3.8) is 0 Å². The zero-order valence-electron chi connectivity index (χ0n) is 7.65. The lowest BCUT2D eigenvalue weighted by Crippen LogP contribution is -2.03. The number of alkyl halides is 3. The zero-order chi connectivity index (χ0) is 12.3. The van der Waals surface area contributed by atoms with E-state index in [-0.39, 0.29) is 11.0 Å². The summed E-state index contributed by atoms with van der Waals surface area (Å²) in [4.78, 5) is 13.1. The summed E-state index contributed by atoms with van der Waals surface area (Å²) in [6.07, 6.45) is -2.87. The molecule has 0 saturated carbocycles. The molecule has 0 radical (unpaired) electrons. The zero-order valence-corrected chi connectivity index (χ0v) is 9.24. The quantitative estimate of drug-likeness (QED) is 0.487. The molecule has 0 amide bonds. The first-order valence-electron chi connectivity index (χ1n) is 3.93. The Morgan fingerprint density at radius 3 is 2.69 bits per heavy atom. The number of halogens is 3. The predicted molar refractivity (Wildman–Crippen MR) is 53.2 cm³/mol. The van der Waals surface area contributed by atoms with Gasteiger partial charge >= 0.3 is 5.69 Å². The van der Waals surface area contributed by atoms with Crippen LogP contribution in [0.25, 0.3) is 0 Å². The Bertz CT molecular complexity index is 473. The molecule has 0 atom stereocenters. The number of hydrogen-bond acceptors (Lipinski definition) is 4. The summed E-state index contributed by atoms with van der Waals surface area (Å²) in [7, 11) is 0. The number of aromatic nitrogens is 1. The van der Waals surface area contributed by atoms with Gasteiger partial charge in [0.25, 0.3) is 6.43 Å². The van der Waals surface area contributed by atoms with Crippen LogP contribution in [0.15, 0.2) is 6.07 Å². The minimum atomic E-state index is -2.87. The van der Waals surface area contributed by atoms with Crippen LogP contribution in [0.2, 0.25) is 0 Å². The monoisotopic (exact) mass is 291 g/mol. The van der Waals surface area contributed by atoms with E-state index in [1.165, 1.54) is 6.07 Å². The van der Waals surface area contributed by atoms with Crippen LogP contribution in [0.1, 0.15) is 23.4 Å². The third-order valence-electron chi connectivity index (χ3n) is 1.78. The van der Waals surface area contributed by atoms with E-state index in [9.17, 15) is 18.9 Å².